The van der Waals surface area contributed by atoms with Gasteiger partial charge in [-0.3, -0.25) is 4.79 Å². The Kier molecular flexibility index (Phi) is 7.19. The third kappa shape index (κ3) is 5.88. The molecule has 0 aliphatic heterocycles. The number of unbranched alkanes of at least 4 members (excludes halogenated alkanes) is 3. The Hall–Kier alpha value is -1.35. The van der Waals surface area contributed by atoms with E-state index < -0.39 is 0 Å². The minimum atomic E-state index is -0.0393. The highest BCUT2D eigenvalue weighted by molar-refractivity contribution is 6.34. The van der Waals surface area contributed by atoms with Crippen LogP contribution in [-0.4, -0.2) is 11.6 Å². The lowest BCUT2D eigenvalue weighted by molar-refractivity contribution is -0.121. The van der Waals surface area contributed by atoms with E-state index in [1.54, 1.807) is 0 Å². The normalized spacial score (nSPS) is 11.4. The van der Waals surface area contributed by atoms with Crippen molar-refractivity contribution < 1.29 is 4.79 Å². The molecule has 0 bridgehead atoms. The Morgan fingerprint density at radius 1 is 1.26 bits per heavy atom. The van der Waals surface area contributed by atoms with Crippen molar-refractivity contribution in [3.63, 3.8) is 0 Å². The zero-order chi connectivity index (χ0) is 14.1. The van der Waals surface area contributed by atoms with Gasteiger partial charge in [-0.15, -0.1) is 0 Å². The Labute approximate surface area is 120 Å². The average molecular weight is 281 g/mol. The molecule has 0 saturated carbocycles. The molecule has 0 atom stereocenters. The highest BCUT2D eigenvalue weighted by atomic mass is 35.5. The van der Waals surface area contributed by atoms with Crippen LogP contribution in [0.5, 0.6) is 0 Å². The second kappa shape index (κ2) is 8.70. The van der Waals surface area contributed by atoms with Crippen molar-refractivity contribution in [1.82, 2.24) is 5.43 Å². The Balaban J connectivity index is 2.43. The van der Waals surface area contributed by atoms with E-state index in [1.165, 1.54) is 12.8 Å². The third-order valence-electron chi connectivity index (χ3n) is 2.87. The first kappa shape index (κ1) is 15.7. The molecule has 1 aromatic carbocycles. The molecule has 3 nitrogen and oxygen atoms in total. The molecule has 0 aromatic heterocycles. The number of hydrazone groups is 1. The van der Waals surface area contributed by atoms with Gasteiger partial charge in [-0.05, 0) is 19.4 Å². The summed E-state index contributed by atoms with van der Waals surface area (Å²) < 4.78 is 0. The van der Waals surface area contributed by atoms with Gasteiger partial charge in [0.1, 0.15) is 0 Å². The summed E-state index contributed by atoms with van der Waals surface area (Å²) in [6, 6.07) is 7.45. The summed E-state index contributed by atoms with van der Waals surface area (Å²) in [7, 11) is 0. The van der Waals surface area contributed by atoms with Crippen LogP contribution in [0.25, 0.3) is 0 Å². The van der Waals surface area contributed by atoms with Crippen LogP contribution in [-0.2, 0) is 4.79 Å². The average Bonchev–Trinajstić information content (AvgIpc) is 2.41. The van der Waals surface area contributed by atoms with E-state index in [0.717, 1.165) is 18.4 Å². The van der Waals surface area contributed by atoms with Gasteiger partial charge in [-0.1, -0.05) is 56.0 Å². The number of benzene rings is 1. The number of rotatable bonds is 7. The molecule has 19 heavy (non-hydrogen) atoms. The Morgan fingerprint density at radius 3 is 2.68 bits per heavy atom. The molecule has 1 aromatic rings. The van der Waals surface area contributed by atoms with E-state index in [2.05, 4.69) is 17.5 Å². The monoisotopic (exact) mass is 280 g/mol. The summed E-state index contributed by atoms with van der Waals surface area (Å²) in [5.74, 6) is -0.0393. The molecule has 0 unspecified atom stereocenters. The van der Waals surface area contributed by atoms with Crippen LogP contribution in [0.4, 0.5) is 0 Å². The van der Waals surface area contributed by atoms with Gasteiger partial charge in [0.25, 0.3) is 0 Å². The lowest BCUT2D eigenvalue weighted by atomic mass is 10.1. The summed E-state index contributed by atoms with van der Waals surface area (Å²) in [6.45, 7) is 3.98. The molecule has 4 heteroatoms. The van der Waals surface area contributed by atoms with Crippen LogP contribution >= 0.6 is 11.6 Å². The van der Waals surface area contributed by atoms with Gasteiger partial charge < -0.3 is 0 Å². The number of halogens is 1. The van der Waals surface area contributed by atoms with E-state index in [1.807, 2.05) is 31.2 Å². The first-order chi connectivity index (χ1) is 9.15. The van der Waals surface area contributed by atoms with Crippen molar-refractivity contribution in [2.45, 2.75) is 46.0 Å². The van der Waals surface area contributed by atoms with Crippen LogP contribution in [0.1, 0.15) is 51.5 Å². The van der Waals surface area contributed by atoms with E-state index >= 15 is 0 Å². The summed E-state index contributed by atoms with van der Waals surface area (Å²) in [6.07, 6.45) is 4.89. The topological polar surface area (TPSA) is 41.5 Å². The molecular weight excluding hydrogens is 260 g/mol. The number of carbonyl (C=O) groups is 1. The second-order valence-electron chi connectivity index (χ2n) is 4.52. The maximum absolute atomic E-state index is 11.6. The second-order valence-corrected chi connectivity index (χ2v) is 4.93. The number of nitrogens with zero attached hydrogens (tertiary/aromatic N) is 1. The molecule has 0 aliphatic carbocycles. The first-order valence-electron chi connectivity index (χ1n) is 6.73. The predicted molar refractivity (Wildman–Crippen MR) is 80.6 cm³/mol. The molecule has 0 radical (unpaired) electrons. The first-order valence-corrected chi connectivity index (χ1v) is 7.11. The van der Waals surface area contributed by atoms with Crippen molar-refractivity contribution in [2.75, 3.05) is 0 Å². The maximum atomic E-state index is 11.6. The Morgan fingerprint density at radius 2 is 2.00 bits per heavy atom. The number of amides is 1. The summed E-state index contributed by atoms with van der Waals surface area (Å²) >= 11 is 6.06. The number of carbonyl (C=O) groups excluding carboxylic acids is 1. The van der Waals surface area contributed by atoms with Gasteiger partial charge in [0.05, 0.1) is 5.71 Å². The predicted octanol–water partition coefficient (Wildman–Crippen LogP) is 4.15. The summed E-state index contributed by atoms with van der Waals surface area (Å²) in [4.78, 5) is 11.6. The molecule has 0 spiro atoms. The fourth-order valence-corrected chi connectivity index (χ4v) is 2.00. The lowest BCUT2D eigenvalue weighted by Crippen LogP contribution is -2.18. The standard InChI is InChI=1S/C15H21ClN2O/c1-3-4-5-6-11-15(19)18-17-12(2)13-9-7-8-10-14(13)16/h7-10H,3-6,11H2,1-2H3,(H,18,19). The summed E-state index contributed by atoms with van der Waals surface area (Å²) in [5, 5.41) is 4.73. The maximum Gasteiger partial charge on any atom is 0.240 e. The highest BCUT2D eigenvalue weighted by Crippen LogP contribution is 2.15. The lowest BCUT2D eigenvalue weighted by Gasteiger charge is -2.04. The Bertz CT molecular complexity index is 444. The molecule has 0 aliphatic rings. The van der Waals surface area contributed by atoms with Crippen LogP contribution in [0.3, 0.4) is 0 Å². The quantitative estimate of drug-likeness (QED) is 0.455. The fourth-order valence-electron chi connectivity index (χ4n) is 1.73. The third-order valence-corrected chi connectivity index (χ3v) is 3.20. The minimum Gasteiger partial charge on any atom is -0.273 e. The van der Waals surface area contributed by atoms with E-state index in [9.17, 15) is 4.79 Å². The van der Waals surface area contributed by atoms with Crippen LogP contribution in [0.15, 0.2) is 29.4 Å². The SMILES string of the molecule is CCCCCCC(=O)NN=C(C)c1ccccc1Cl. The van der Waals surface area contributed by atoms with Gasteiger partial charge in [-0.25, -0.2) is 5.43 Å². The van der Waals surface area contributed by atoms with Crippen LogP contribution in [0, 0.1) is 0 Å². The minimum absolute atomic E-state index is 0.0393. The molecule has 0 saturated heterocycles. The molecule has 0 fully saturated rings. The van der Waals surface area contributed by atoms with Crippen molar-refractivity contribution in [3.05, 3.63) is 34.9 Å². The van der Waals surface area contributed by atoms with Gasteiger partial charge in [0.15, 0.2) is 0 Å². The molecule has 1 rings (SSSR count). The van der Waals surface area contributed by atoms with E-state index in [0.29, 0.717) is 17.2 Å². The smallest absolute Gasteiger partial charge is 0.240 e. The number of hydrogen-bond acceptors (Lipinski definition) is 2. The molecule has 1 N–H and O–H groups in total. The van der Waals surface area contributed by atoms with Gasteiger partial charge in [0.2, 0.25) is 5.91 Å². The van der Waals surface area contributed by atoms with Crippen molar-refractivity contribution in [3.8, 4) is 0 Å². The van der Waals surface area contributed by atoms with Crippen LogP contribution < -0.4 is 5.43 Å². The van der Waals surface area contributed by atoms with E-state index in [4.69, 9.17) is 11.6 Å². The summed E-state index contributed by atoms with van der Waals surface area (Å²) in [5.41, 5.74) is 4.13. The number of nitrogens with one attached hydrogen (secondary N) is 1. The van der Waals surface area contributed by atoms with Crippen molar-refractivity contribution in [2.24, 2.45) is 5.10 Å². The zero-order valence-electron chi connectivity index (χ0n) is 11.6. The van der Waals surface area contributed by atoms with Crippen molar-refractivity contribution >= 4 is 23.2 Å². The fraction of sp³-hybridized carbons (Fsp3) is 0.467. The zero-order valence-corrected chi connectivity index (χ0v) is 12.3. The van der Waals surface area contributed by atoms with Gasteiger partial charge >= 0.3 is 0 Å². The van der Waals surface area contributed by atoms with E-state index in [-0.39, 0.29) is 5.91 Å². The molecular formula is C15H21ClN2O. The van der Waals surface area contributed by atoms with Gasteiger partial charge in [-0.2, -0.15) is 5.10 Å². The van der Waals surface area contributed by atoms with Gasteiger partial charge in [0, 0.05) is 17.0 Å². The molecule has 104 valence electrons. The van der Waals surface area contributed by atoms with Crippen LogP contribution in [0.2, 0.25) is 5.02 Å². The largest absolute Gasteiger partial charge is 0.273 e. The highest BCUT2D eigenvalue weighted by Gasteiger charge is 2.04. The molecule has 0 heterocycles. The molecule has 1 amide bonds. The van der Waals surface area contributed by atoms with Crippen molar-refractivity contribution in [1.29, 1.82) is 0 Å². The number of hydrogen-bond donors (Lipinski definition) is 1.